The molecule has 3 aliphatic carbocycles. The number of hydrogen-bond donors (Lipinski definition) is 3. The van der Waals surface area contributed by atoms with E-state index in [4.69, 9.17) is 10.5 Å². The van der Waals surface area contributed by atoms with Gasteiger partial charge in [-0.05, 0) is 94.1 Å². The number of aliphatic hydroxyl groups excluding tert-OH is 2. The van der Waals surface area contributed by atoms with Crippen LogP contribution in [0.2, 0.25) is 0 Å². The highest BCUT2D eigenvalue weighted by Crippen LogP contribution is 2.60. The van der Waals surface area contributed by atoms with Crippen molar-refractivity contribution in [3.05, 3.63) is 47.6 Å². The second-order valence-electron chi connectivity index (χ2n) is 14.3. The highest BCUT2D eigenvalue weighted by Gasteiger charge is 2.58. The summed E-state index contributed by atoms with van der Waals surface area (Å²) < 4.78 is 5.38. The van der Waals surface area contributed by atoms with E-state index in [0.29, 0.717) is 30.9 Å². The lowest BCUT2D eigenvalue weighted by Gasteiger charge is -2.50. The summed E-state index contributed by atoms with van der Waals surface area (Å²) in [5.74, 6) is -0.425. The first kappa shape index (κ1) is 38.2. The first-order valence-electron chi connectivity index (χ1n) is 17.3. The van der Waals surface area contributed by atoms with Crippen molar-refractivity contribution in [3.63, 3.8) is 0 Å². The smallest absolute Gasteiger partial charge is 0.319 e. The van der Waals surface area contributed by atoms with Crippen molar-refractivity contribution in [2.75, 3.05) is 6.61 Å². The molecule has 6 atom stereocenters. The Morgan fingerprint density at radius 2 is 1.66 bits per heavy atom. The third-order valence-corrected chi connectivity index (χ3v) is 10.8. The molecule has 3 saturated carbocycles. The zero-order valence-electron chi connectivity index (χ0n) is 28.9. The van der Waals surface area contributed by atoms with Crippen molar-refractivity contribution < 1.29 is 24.5 Å². The van der Waals surface area contributed by atoms with Crippen LogP contribution in [0.5, 0.6) is 0 Å². The number of ketones is 1. The number of carbonyl (C=O) groups is 2. The Morgan fingerprint density at radius 3 is 2.23 bits per heavy atom. The minimum atomic E-state index is -1.23. The molecule has 0 aromatic rings. The highest BCUT2D eigenvalue weighted by molar-refractivity contribution is 6.08. The van der Waals surface area contributed by atoms with Crippen LogP contribution in [0.3, 0.4) is 0 Å². The van der Waals surface area contributed by atoms with Crippen molar-refractivity contribution in [3.8, 4) is 0 Å². The number of fused-ring (bicyclic) bond motifs is 1. The molecule has 0 bridgehead atoms. The van der Waals surface area contributed by atoms with Gasteiger partial charge in [-0.1, -0.05) is 103 Å². The van der Waals surface area contributed by atoms with Gasteiger partial charge < -0.3 is 20.7 Å². The van der Waals surface area contributed by atoms with Gasteiger partial charge in [-0.2, -0.15) is 0 Å². The Hall–Kier alpha value is -2.02. The number of allylic oxidation sites excluding steroid dienone is 4. The number of unbranched alkanes of at least 4 members (excludes halogenated alkanes) is 4. The average Bonchev–Trinajstić information content (AvgIpc) is 3.27. The lowest BCUT2D eigenvalue weighted by atomic mass is 9.57. The number of aliphatic hydroxyl groups is 2. The van der Waals surface area contributed by atoms with Crippen LogP contribution in [0.15, 0.2) is 47.6 Å². The molecule has 3 fully saturated rings. The van der Waals surface area contributed by atoms with Gasteiger partial charge in [0.15, 0.2) is 5.78 Å². The van der Waals surface area contributed by atoms with Crippen LogP contribution in [0.25, 0.3) is 0 Å². The summed E-state index contributed by atoms with van der Waals surface area (Å²) in [5.41, 5.74) is 8.33. The maximum atomic E-state index is 13.1. The summed E-state index contributed by atoms with van der Waals surface area (Å²) >= 11 is 0. The minimum absolute atomic E-state index is 0.0415. The van der Waals surface area contributed by atoms with Crippen LogP contribution in [0.1, 0.15) is 132 Å². The number of esters is 1. The molecule has 0 heterocycles. The van der Waals surface area contributed by atoms with Crippen LogP contribution < -0.4 is 5.73 Å². The van der Waals surface area contributed by atoms with Crippen molar-refractivity contribution in [2.24, 2.45) is 28.4 Å². The minimum Gasteiger partial charge on any atom is -0.465 e. The summed E-state index contributed by atoms with van der Waals surface area (Å²) in [6, 6.07) is 0. The Morgan fingerprint density at radius 1 is 1.05 bits per heavy atom. The molecule has 3 aliphatic rings. The van der Waals surface area contributed by atoms with Crippen molar-refractivity contribution in [1.82, 2.24) is 0 Å². The molecule has 6 heteroatoms. The number of ether oxygens (including phenoxy) is 1. The summed E-state index contributed by atoms with van der Waals surface area (Å²) in [6.45, 7) is 18.3. The van der Waals surface area contributed by atoms with Gasteiger partial charge in [0, 0.05) is 5.54 Å². The standard InChI is InChI=1S/C33H51NO5.C5H12/c1-7-8-9-19-39-30(38)31(4,5)29(37)15-12-22(2)33(34)18-16-26-25(11-10-17-32(26,33)6)14-13-24-20-27(35)23(3)28(36)21-24;1-3-5-4-2/h12-15,22,26-28,35-36H,3,7-11,16-21,34H2,1-2,4-6H3;3-5H2,1-2H3/b15-12+,24-13?,25-14+;/t22-,26+,27-,28?,32+,33+;/m1./s1. The zero-order valence-corrected chi connectivity index (χ0v) is 28.9. The molecule has 6 nitrogen and oxygen atoms in total. The van der Waals surface area contributed by atoms with Crippen LogP contribution in [-0.4, -0.2) is 46.3 Å². The van der Waals surface area contributed by atoms with Gasteiger partial charge in [0.05, 0.1) is 18.8 Å². The van der Waals surface area contributed by atoms with E-state index in [9.17, 15) is 19.8 Å². The molecule has 0 aliphatic heterocycles. The average molecular weight is 614 g/mol. The first-order chi connectivity index (χ1) is 20.7. The maximum absolute atomic E-state index is 13.1. The van der Waals surface area contributed by atoms with Gasteiger partial charge in [-0.3, -0.25) is 9.59 Å². The SMILES string of the molecule is C=C1C(O)CC(=C/C=C2\CCC[C@@]3(C)[C@H]2CC[C@]3(N)[C@H](C)/C=C/C(=O)C(C)(C)C(=O)OCCCCC)C[C@H]1O.CCCCC. The monoisotopic (exact) mass is 613 g/mol. The Balaban J connectivity index is 0.00000125. The fraction of sp³-hybridized carbons (Fsp3) is 0.737. The van der Waals surface area contributed by atoms with Gasteiger partial charge >= 0.3 is 5.97 Å². The summed E-state index contributed by atoms with van der Waals surface area (Å²) in [7, 11) is 0. The zero-order chi connectivity index (χ0) is 33.1. The quantitative estimate of drug-likeness (QED) is 0.0678. The highest BCUT2D eigenvalue weighted by atomic mass is 16.5. The van der Waals surface area contributed by atoms with E-state index in [1.54, 1.807) is 19.9 Å². The third kappa shape index (κ3) is 9.04. The van der Waals surface area contributed by atoms with E-state index in [1.165, 1.54) is 24.8 Å². The molecule has 4 N–H and O–H groups in total. The van der Waals surface area contributed by atoms with Gasteiger partial charge in [0.1, 0.15) is 5.41 Å². The molecule has 3 rings (SSSR count). The molecule has 0 spiro atoms. The molecule has 1 unspecified atom stereocenters. The molecular weight excluding hydrogens is 550 g/mol. The molecule has 0 aromatic heterocycles. The second kappa shape index (κ2) is 17.1. The van der Waals surface area contributed by atoms with Crippen LogP contribution in [0, 0.1) is 22.7 Å². The van der Waals surface area contributed by atoms with Crippen LogP contribution in [0.4, 0.5) is 0 Å². The predicted molar refractivity (Wildman–Crippen MR) is 181 cm³/mol. The van der Waals surface area contributed by atoms with E-state index in [2.05, 4.69) is 53.3 Å². The van der Waals surface area contributed by atoms with Crippen molar-refractivity contribution >= 4 is 11.8 Å². The van der Waals surface area contributed by atoms with Crippen molar-refractivity contribution in [2.45, 2.75) is 150 Å². The molecule has 250 valence electrons. The first-order valence-corrected chi connectivity index (χ1v) is 17.3. The lowest BCUT2D eigenvalue weighted by molar-refractivity contribution is -0.157. The van der Waals surface area contributed by atoms with Crippen LogP contribution in [-0.2, 0) is 14.3 Å². The predicted octanol–water partition coefficient (Wildman–Crippen LogP) is 7.93. The normalized spacial score (nSPS) is 31.5. The van der Waals surface area contributed by atoms with E-state index >= 15 is 0 Å². The lowest BCUT2D eigenvalue weighted by Crippen LogP contribution is -2.57. The maximum Gasteiger partial charge on any atom is 0.319 e. The summed E-state index contributed by atoms with van der Waals surface area (Å²) in [5, 5.41) is 20.4. The van der Waals surface area contributed by atoms with Gasteiger partial charge in [0.25, 0.3) is 0 Å². The largest absolute Gasteiger partial charge is 0.465 e. The molecule has 0 aromatic carbocycles. The molecule has 0 radical (unpaired) electrons. The third-order valence-electron chi connectivity index (χ3n) is 10.8. The molecular formula is C38H63NO5. The van der Waals surface area contributed by atoms with Crippen molar-refractivity contribution in [1.29, 1.82) is 0 Å². The summed E-state index contributed by atoms with van der Waals surface area (Å²) in [4.78, 5) is 25.6. The van der Waals surface area contributed by atoms with E-state index < -0.39 is 29.1 Å². The van der Waals surface area contributed by atoms with Gasteiger partial charge in [0.2, 0.25) is 0 Å². The van der Waals surface area contributed by atoms with Gasteiger partial charge in [-0.15, -0.1) is 0 Å². The fourth-order valence-corrected chi connectivity index (χ4v) is 7.28. The van der Waals surface area contributed by atoms with E-state index in [-0.39, 0.29) is 17.1 Å². The fourth-order valence-electron chi connectivity index (χ4n) is 7.28. The topological polar surface area (TPSA) is 110 Å². The van der Waals surface area contributed by atoms with Crippen LogP contribution >= 0.6 is 0 Å². The number of rotatable bonds is 12. The van der Waals surface area contributed by atoms with E-state index in [1.807, 2.05) is 6.08 Å². The Kier molecular flexibility index (Phi) is 14.8. The molecule has 0 amide bonds. The number of carbonyl (C=O) groups excluding carboxylic acids is 2. The van der Waals surface area contributed by atoms with Gasteiger partial charge in [-0.25, -0.2) is 0 Å². The molecule has 0 saturated heterocycles. The molecule has 44 heavy (non-hydrogen) atoms. The summed E-state index contributed by atoms with van der Waals surface area (Å²) in [6.07, 6.45) is 19.3. The second-order valence-corrected chi connectivity index (χ2v) is 14.3. The Labute approximate surface area is 268 Å². The Bertz CT molecular complexity index is 1050. The number of hydrogen-bond acceptors (Lipinski definition) is 6. The van der Waals surface area contributed by atoms with E-state index in [0.717, 1.165) is 56.9 Å². The number of nitrogens with two attached hydrogens (primary N) is 1.